The number of aromatic nitrogens is 5. The zero-order valence-electron chi connectivity index (χ0n) is 47.4. The van der Waals surface area contributed by atoms with Gasteiger partial charge in [0.15, 0.2) is 33.9 Å². The molecular formula is C59H70FN13O10S. The Kier molecular flexibility index (Phi) is 15.2. The molecule has 1 amide bonds. The molecule has 0 bridgehead atoms. The van der Waals surface area contributed by atoms with Crippen molar-refractivity contribution in [2.75, 3.05) is 119 Å². The first-order valence-electron chi connectivity index (χ1n) is 29.2. The lowest BCUT2D eigenvalue weighted by molar-refractivity contribution is -0.384. The molecule has 2 atom stereocenters. The first-order valence-corrected chi connectivity index (χ1v) is 30.7. The minimum atomic E-state index is -4.95. The molecule has 11 heterocycles. The molecule has 5 fully saturated rings. The molecule has 6 aliphatic heterocycles. The number of methoxy groups -OCH3 is 1. The van der Waals surface area contributed by atoms with Gasteiger partial charge in [0.1, 0.15) is 30.4 Å². The SMILES string of the molecule is COc1cc(CN2CCN(C3CC4(CCN(c5nc(N6CCOc7nc8[nH]ccc8cc76)c(C(=O)NS(=O)(=O)c6cc([N+](=O)[O-])c7c(n6)OC[C@@H](C6CCOCC6)N7)cc5F)CC4)C3)[C@H](c3ccccc3C(C)C)C2)cnc1N1CCOCC1. The minimum Gasteiger partial charge on any atom is -0.493 e. The average Bonchev–Trinajstić information content (AvgIpc) is 1.24. The Hall–Kier alpha value is -7.45. The molecule has 1 aliphatic carbocycles. The fourth-order valence-corrected chi connectivity index (χ4v) is 14.6. The summed E-state index contributed by atoms with van der Waals surface area (Å²) in [6.07, 6.45) is 8.77. The van der Waals surface area contributed by atoms with E-state index in [1.807, 2.05) is 28.0 Å². The van der Waals surface area contributed by atoms with E-state index in [-0.39, 0.29) is 72.3 Å². The van der Waals surface area contributed by atoms with E-state index in [4.69, 9.17) is 33.7 Å². The molecule has 1 saturated carbocycles. The van der Waals surface area contributed by atoms with Crippen LogP contribution in [0.4, 0.5) is 38.9 Å². The van der Waals surface area contributed by atoms with Gasteiger partial charge in [-0.15, -0.1) is 0 Å². The number of sulfonamides is 1. The average molecular weight is 1170 g/mol. The van der Waals surface area contributed by atoms with E-state index in [1.54, 1.807) is 18.2 Å². The first kappa shape index (κ1) is 55.7. The Morgan fingerprint density at radius 1 is 0.893 bits per heavy atom. The third-order valence-electron chi connectivity index (χ3n) is 18.2. The van der Waals surface area contributed by atoms with Gasteiger partial charge in [0.2, 0.25) is 11.8 Å². The number of pyridine rings is 4. The molecule has 1 spiro atoms. The van der Waals surface area contributed by atoms with Crippen molar-refractivity contribution in [3.05, 3.63) is 105 Å². The summed E-state index contributed by atoms with van der Waals surface area (Å²) in [4.78, 5) is 59.2. The molecule has 5 aromatic heterocycles. The number of H-pyrrole nitrogens is 1. The van der Waals surface area contributed by atoms with E-state index < -0.39 is 42.9 Å². The second-order valence-electron chi connectivity index (χ2n) is 23.5. The Labute approximate surface area is 486 Å². The highest BCUT2D eigenvalue weighted by Gasteiger charge is 2.51. The number of halogens is 1. The van der Waals surface area contributed by atoms with E-state index in [0.717, 1.165) is 112 Å². The molecule has 4 saturated heterocycles. The smallest absolute Gasteiger partial charge is 0.300 e. The number of nitrogens with zero attached hydrogens (tertiary/aromatic N) is 10. The topological polar surface area (TPSA) is 248 Å². The summed E-state index contributed by atoms with van der Waals surface area (Å²) >= 11 is 0. The fraction of sp³-hybridized carbons (Fsp3) is 0.508. The molecular weight excluding hydrogens is 1100 g/mol. The molecule has 23 nitrogen and oxygen atoms in total. The van der Waals surface area contributed by atoms with Gasteiger partial charge in [-0.25, -0.2) is 19.1 Å². The predicted octanol–water partition coefficient (Wildman–Crippen LogP) is 7.32. The third kappa shape index (κ3) is 10.8. The number of rotatable bonds is 14. The Morgan fingerprint density at radius 2 is 1.67 bits per heavy atom. The summed E-state index contributed by atoms with van der Waals surface area (Å²) in [7, 11) is -3.24. The van der Waals surface area contributed by atoms with E-state index in [2.05, 4.69) is 79.1 Å². The van der Waals surface area contributed by atoms with E-state index in [0.29, 0.717) is 62.8 Å². The summed E-state index contributed by atoms with van der Waals surface area (Å²) in [6, 6.07) is 16.7. The number of anilines is 5. The molecule has 444 valence electrons. The molecule has 0 unspecified atom stereocenters. The molecule has 7 aliphatic rings. The van der Waals surface area contributed by atoms with Crippen LogP contribution < -0.4 is 38.9 Å². The van der Waals surface area contributed by atoms with Crippen molar-refractivity contribution in [1.29, 1.82) is 0 Å². The lowest BCUT2D eigenvalue weighted by Crippen LogP contribution is -2.60. The van der Waals surface area contributed by atoms with Gasteiger partial charge < -0.3 is 48.7 Å². The second kappa shape index (κ2) is 22.9. The monoisotopic (exact) mass is 1170 g/mol. The summed E-state index contributed by atoms with van der Waals surface area (Å²) < 4.78 is 76.3. The second-order valence-corrected chi connectivity index (χ2v) is 25.2. The van der Waals surface area contributed by atoms with E-state index >= 15 is 4.39 Å². The summed E-state index contributed by atoms with van der Waals surface area (Å²) in [5.74, 6) is -0.00763. The van der Waals surface area contributed by atoms with E-state index in [9.17, 15) is 23.3 Å². The zero-order valence-corrected chi connectivity index (χ0v) is 48.2. The normalized spacial score (nSPS) is 21.5. The van der Waals surface area contributed by atoms with Gasteiger partial charge in [-0.1, -0.05) is 38.1 Å². The van der Waals surface area contributed by atoms with Gasteiger partial charge in [-0.05, 0) is 96.7 Å². The summed E-state index contributed by atoms with van der Waals surface area (Å²) in [5.41, 5.74) is 3.83. The van der Waals surface area contributed by atoms with Crippen LogP contribution in [0.15, 0.2) is 72.0 Å². The first-order chi connectivity index (χ1) is 40.7. The minimum absolute atomic E-state index is 0.0207. The molecule has 3 N–H and O–H groups in total. The lowest BCUT2D eigenvalue weighted by atomic mass is 9.59. The number of carbonyl (C=O) groups excluding carboxylic acids is 1. The number of carbonyl (C=O) groups is 1. The van der Waals surface area contributed by atoms with Crippen molar-refractivity contribution in [1.82, 2.24) is 39.4 Å². The van der Waals surface area contributed by atoms with Crippen molar-refractivity contribution in [2.24, 2.45) is 11.3 Å². The van der Waals surface area contributed by atoms with Crippen molar-refractivity contribution in [3.63, 3.8) is 0 Å². The standard InChI is InChI=1S/C59H70FN13O10S/c1-36(2)41-6-4-5-7-42(41)48-34-68(33-37-26-49(79-3)55(62-32-37)70-18-23-81-24-19-70)16-17-71(48)40-30-59(31-40)11-14-69(15-12-59)54-44(60)28-43(53(66-54)72-20-25-82-57-47(72)27-39-8-13-61-52(39)65-57)56(74)67-84(77,78)50-29-46(73(75)76)51-58(64-50)83-35-45(63-51)38-9-21-80-22-10-38/h4-8,13,26-29,32,36,38,40,45,48,63H,9-12,14-25,30-31,33-35H2,1-3H3,(H,61,65)(H,67,74)/t45-,48-/m0/s1. The molecule has 13 rings (SSSR count). The van der Waals surface area contributed by atoms with Crippen LogP contribution in [0.1, 0.15) is 91.4 Å². The van der Waals surface area contributed by atoms with Gasteiger partial charge in [0.25, 0.3) is 15.9 Å². The Balaban J connectivity index is 0.739. The number of morpholine rings is 1. The largest absolute Gasteiger partial charge is 0.493 e. The van der Waals surface area contributed by atoms with Crippen molar-refractivity contribution < 1.29 is 46.2 Å². The van der Waals surface area contributed by atoms with Crippen LogP contribution in [0.3, 0.4) is 0 Å². The number of piperazine rings is 1. The number of hydrogen-bond acceptors (Lipinski definition) is 20. The number of fused-ring (bicyclic) bond motifs is 3. The van der Waals surface area contributed by atoms with Crippen LogP contribution in [0, 0.1) is 27.3 Å². The van der Waals surface area contributed by atoms with Crippen LogP contribution in [0.5, 0.6) is 17.5 Å². The Bertz CT molecular complexity index is 3580. The predicted molar refractivity (Wildman–Crippen MR) is 311 cm³/mol. The molecule has 25 heteroatoms. The fourth-order valence-electron chi connectivity index (χ4n) is 13.7. The number of hydrogen-bond donors (Lipinski definition) is 3. The maximum atomic E-state index is 17.0. The van der Waals surface area contributed by atoms with Crippen molar-refractivity contribution in [3.8, 4) is 17.5 Å². The highest BCUT2D eigenvalue weighted by atomic mass is 32.2. The number of nitro groups is 1. The number of amides is 1. The molecule has 1 aromatic carbocycles. The van der Waals surface area contributed by atoms with Crippen LogP contribution in [-0.4, -0.2) is 165 Å². The maximum Gasteiger partial charge on any atom is 0.300 e. The van der Waals surface area contributed by atoms with Gasteiger partial charge >= 0.3 is 5.69 Å². The number of nitrogens with one attached hydrogen (secondary N) is 3. The number of ether oxygens (including phenoxy) is 5. The number of benzene rings is 1. The number of piperidine rings is 1. The quantitative estimate of drug-likeness (QED) is 0.0714. The maximum absolute atomic E-state index is 17.0. The third-order valence-corrected chi connectivity index (χ3v) is 19.4. The Morgan fingerprint density at radius 3 is 2.44 bits per heavy atom. The molecule has 6 aromatic rings. The van der Waals surface area contributed by atoms with Crippen LogP contribution in [0.25, 0.3) is 11.0 Å². The number of aromatic amines is 1. The van der Waals surface area contributed by atoms with Crippen molar-refractivity contribution in [2.45, 2.75) is 88.0 Å². The summed E-state index contributed by atoms with van der Waals surface area (Å²) in [5, 5.41) is 15.6. The highest BCUT2D eigenvalue weighted by Crippen LogP contribution is 2.54. The lowest BCUT2D eigenvalue weighted by Gasteiger charge is -2.58. The molecule has 0 radical (unpaired) electrons. The summed E-state index contributed by atoms with van der Waals surface area (Å²) in [6.45, 7) is 13.3. The van der Waals surface area contributed by atoms with Crippen LogP contribution in [0.2, 0.25) is 0 Å². The van der Waals surface area contributed by atoms with Gasteiger partial charge in [-0.3, -0.25) is 24.7 Å². The van der Waals surface area contributed by atoms with Gasteiger partial charge in [-0.2, -0.15) is 18.4 Å². The zero-order chi connectivity index (χ0) is 57.9. The van der Waals surface area contributed by atoms with Crippen molar-refractivity contribution >= 4 is 61.5 Å². The highest BCUT2D eigenvalue weighted by molar-refractivity contribution is 7.90. The molecule has 84 heavy (non-hydrogen) atoms. The van der Waals surface area contributed by atoms with Crippen LogP contribution in [-0.2, 0) is 26.0 Å². The van der Waals surface area contributed by atoms with Gasteiger partial charge in [0, 0.05) is 95.4 Å². The van der Waals surface area contributed by atoms with Crippen LogP contribution >= 0.6 is 0 Å². The van der Waals surface area contributed by atoms with E-state index in [1.165, 1.54) is 11.1 Å². The van der Waals surface area contributed by atoms with Gasteiger partial charge in [0.05, 0.1) is 49.5 Å².